The van der Waals surface area contributed by atoms with Crippen molar-refractivity contribution in [1.82, 2.24) is 9.97 Å². The summed E-state index contributed by atoms with van der Waals surface area (Å²) in [6, 6.07) is 13.2. The summed E-state index contributed by atoms with van der Waals surface area (Å²) in [7, 11) is 0. The molecule has 1 aromatic heterocycles. The summed E-state index contributed by atoms with van der Waals surface area (Å²) in [5, 5.41) is 9.86. The molecule has 7 heteroatoms. The minimum absolute atomic E-state index is 0.108. The van der Waals surface area contributed by atoms with Crippen LogP contribution in [0.5, 0.6) is 0 Å². The molecule has 0 atom stereocenters. The largest absolute Gasteiger partial charge is 0.339 e. The molecule has 2 aromatic carbocycles. The molecule has 1 amide bonds. The number of aryl methyl sites for hydroxylation is 3. The van der Waals surface area contributed by atoms with E-state index in [1.54, 1.807) is 0 Å². The Balaban J connectivity index is 1.81. The first kappa shape index (κ1) is 19.6. The van der Waals surface area contributed by atoms with Gasteiger partial charge in [-0.25, -0.2) is 4.98 Å². The highest BCUT2D eigenvalue weighted by Crippen LogP contribution is 2.30. The molecule has 0 fully saturated rings. The Kier molecular flexibility index (Phi) is 5.80. The molecule has 1 heterocycles. The van der Waals surface area contributed by atoms with Gasteiger partial charge in [0.2, 0.25) is 11.9 Å². The maximum atomic E-state index is 11.1. The fraction of sp³-hybridized carbons (Fsp3) is 0.190. The molecule has 0 aliphatic carbocycles. The standard InChI is InChI=1S/C21H22ClN5O/c1-12-9-13(2)20(18(22)10-12)26-19-11-14(3)23-21(27-19)25-17-7-5-16(6-8-17)24-15(4)28/h5-11H,1-4H3,(H,24,28)(H2,23,25,26,27). The lowest BCUT2D eigenvalue weighted by molar-refractivity contribution is -0.114. The van der Waals surface area contributed by atoms with Crippen LogP contribution in [0.3, 0.4) is 0 Å². The van der Waals surface area contributed by atoms with Crippen LogP contribution in [0.1, 0.15) is 23.7 Å². The Hall–Kier alpha value is -3.12. The van der Waals surface area contributed by atoms with Crippen molar-refractivity contribution in [3.63, 3.8) is 0 Å². The molecule has 0 spiro atoms. The highest BCUT2D eigenvalue weighted by molar-refractivity contribution is 6.33. The van der Waals surface area contributed by atoms with Crippen LogP contribution in [-0.2, 0) is 4.79 Å². The number of amides is 1. The Bertz CT molecular complexity index is 995. The van der Waals surface area contributed by atoms with Gasteiger partial charge in [-0.3, -0.25) is 4.79 Å². The second-order valence-electron chi connectivity index (χ2n) is 6.67. The molecule has 3 N–H and O–H groups in total. The van der Waals surface area contributed by atoms with Crippen LogP contribution in [0.15, 0.2) is 42.5 Å². The van der Waals surface area contributed by atoms with E-state index < -0.39 is 0 Å². The summed E-state index contributed by atoms with van der Waals surface area (Å²) in [6.45, 7) is 7.40. The molecule has 28 heavy (non-hydrogen) atoms. The normalized spacial score (nSPS) is 10.5. The van der Waals surface area contributed by atoms with Crippen LogP contribution in [-0.4, -0.2) is 15.9 Å². The summed E-state index contributed by atoms with van der Waals surface area (Å²) in [5.41, 5.74) is 5.35. The first-order chi connectivity index (χ1) is 13.3. The number of anilines is 5. The topological polar surface area (TPSA) is 78.9 Å². The molecule has 0 bridgehead atoms. The van der Waals surface area contributed by atoms with Crippen molar-refractivity contribution in [1.29, 1.82) is 0 Å². The summed E-state index contributed by atoms with van der Waals surface area (Å²) in [6.07, 6.45) is 0. The van der Waals surface area contributed by atoms with Crippen LogP contribution >= 0.6 is 11.6 Å². The molecule has 0 aliphatic rings. The third kappa shape index (κ3) is 4.98. The molecule has 3 rings (SSSR count). The lowest BCUT2D eigenvalue weighted by Gasteiger charge is -2.14. The van der Waals surface area contributed by atoms with Crippen LogP contribution in [0.4, 0.5) is 28.8 Å². The minimum atomic E-state index is -0.108. The fourth-order valence-corrected chi connectivity index (χ4v) is 3.23. The van der Waals surface area contributed by atoms with Crippen molar-refractivity contribution in [2.24, 2.45) is 0 Å². The lowest BCUT2D eigenvalue weighted by Crippen LogP contribution is -2.06. The van der Waals surface area contributed by atoms with Crippen molar-refractivity contribution >= 4 is 46.3 Å². The van der Waals surface area contributed by atoms with E-state index in [0.717, 1.165) is 33.9 Å². The number of aromatic nitrogens is 2. The number of halogens is 1. The van der Waals surface area contributed by atoms with Crippen molar-refractivity contribution in [2.45, 2.75) is 27.7 Å². The predicted molar refractivity (Wildman–Crippen MR) is 115 cm³/mol. The molecule has 0 radical (unpaired) electrons. The molecular weight excluding hydrogens is 374 g/mol. The monoisotopic (exact) mass is 395 g/mol. The Morgan fingerprint density at radius 3 is 2.25 bits per heavy atom. The van der Waals surface area contributed by atoms with Gasteiger partial charge in [0.25, 0.3) is 0 Å². The van der Waals surface area contributed by atoms with Gasteiger partial charge < -0.3 is 16.0 Å². The summed E-state index contributed by atoms with van der Waals surface area (Å²) in [4.78, 5) is 20.1. The van der Waals surface area contributed by atoms with Crippen molar-refractivity contribution in [2.75, 3.05) is 16.0 Å². The van der Waals surface area contributed by atoms with Crippen molar-refractivity contribution in [3.05, 3.63) is 64.3 Å². The van der Waals surface area contributed by atoms with E-state index >= 15 is 0 Å². The van der Waals surface area contributed by atoms with Crippen molar-refractivity contribution < 1.29 is 4.79 Å². The van der Waals surface area contributed by atoms with Crippen LogP contribution in [0.25, 0.3) is 0 Å². The Morgan fingerprint density at radius 1 is 0.929 bits per heavy atom. The maximum Gasteiger partial charge on any atom is 0.229 e. The van der Waals surface area contributed by atoms with Gasteiger partial charge in [0, 0.05) is 30.1 Å². The molecule has 0 aliphatic heterocycles. The molecule has 6 nitrogen and oxygen atoms in total. The first-order valence-electron chi connectivity index (χ1n) is 8.84. The number of carbonyl (C=O) groups is 1. The van der Waals surface area contributed by atoms with Gasteiger partial charge in [0.05, 0.1) is 10.7 Å². The quantitative estimate of drug-likeness (QED) is 0.531. The van der Waals surface area contributed by atoms with Gasteiger partial charge >= 0.3 is 0 Å². The Labute approximate surface area is 169 Å². The van der Waals surface area contributed by atoms with E-state index in [1.807, 2.05) is 57.2 Å². The second kappa shape index (κ2) is 8.27. The zero-order valence-corrected chi connectivity index (χ0v) is 17.0. The summed E-state index contributed by atoms with van der Waals surface area (Å²) >= 11 is 6.39. The number of hydrogen-bond acceptors (Lipinski definition) is 5. The highest BCUT2D eigenvalue weighted by atomic mass is 35.5. The van der Waals surface area contributed by atoms with Gasteiger partial charge in [-0.05, 0) is 62.2 Å². The van der Waals surface area contributed by atoms with E-state index in [0.29, 0.717) is 16.8 Å². The van der Waals surface area contributed by atoms with E-state index in [1.165, 1.54) is 6.92 Å². The molecule has 3 aromatic rings. The second-order valence-corrected chi connectivity index (χ2v) is 7.07. The zero-order chi connectivity index (χ0) is 20.3. The number of nitrogens with one attached hydrogen (secondary N) is 3. The zero-order valence-electron chi connectivity index (χ0n) is 16.2. The summed E-state index contributed by atoms with van der Waals surface area (Å²) in [5.74, 6) is 1.01. The third-order valence-electron chi connectivity index (χ3n) is 4.00. The van der Waals surface area contributed by atoms with E-state index in [-0.39, 0.29) is 5.91 Å². The first-order valence-corrected chi connectivity index (χ1v) is 9.22. The average molecular weight is 396 g/mol. The predicted octanol–water partition coefficient (Wildman–Crippen LogP) is 5.50. The fourth-order valence-electron chi connectivity index (χ4n) is 2.86. The number of nitrogens with zero attached hydrogens (tertiary/aromatic N) is 2. The molecule has 0 saturated carbocycles. The van der Waals surface area contributed by atoms with Crippen molar-refractivity contribution in [3.8, 4) is 0 Å². The van der Waals surface area contributed by atoms with Crippen LogP contribution < -0.4 is 16.0 Å². The van der Waals surface area contributed by atoms with E-state index in [9.17, 15) is 4.79 Å². The SMILES string of the molecule is CC(=O)Nc1ccc(Nc2nc(C)cc(Nc3c(C)cc(C)cc3Cl)n2)cc1. The molecular formula is C21H22ClN5O. The van der Waals surface area contributed by atoms with E-state index in [2.05, 4.69) is 32.0 Å². The third-order valence-corrected chi connectivity index (χ3v) is 4.30. The van der Waals surface area contributed by atoms with Gasteiger partial charge in [-0.1, -0.05) is 17.7 Å². The van der Waals surface area contributed by atoms with Gasteiger partial charge in [0.1, 0.15) is 5.82 Å². The maximum absolute atomic E-state index is 11.1. The molecule has 0 unspecified atom stereocenters. The lowest BCUT2D eigenvalue weighted by atomic mass is 10.1. The summed E-state index contributed by atoms with van der Waals surface area (Å²) < 4.78 is 0. The van der Waals surface area contributed by atoms with E-state index in [4.69, 9.17) is 11.6 Å². The number of hydrogen-bond donors (Lipinski definition) is 3. The van der Waals surface area contributed by atoms with Gasteiger partial charge in [-0.15, -0.1) is 0 Å². The van der Waals surface area contributed by atoms with Gasteiger partial charge in [-0.2, -0.15) is 4.98 Å². The number of rotatable bonds is 5. The molecule has 144 valence electrons. The average Bonchev–Trinajstić information content (AvgIpc) is 2.59. The van der Waals surface area contributed by atoms with Gasteiger partial charge in [0.15, 0.2) is 0 Å². The highest BCUT2D eigenvalue weighted by Gasteiger charge is 2.09. The Morgan fingerprint density at radius 2 is 1.61 bits per heavy atom. The minimum Gasteiger partial charge on any atom is -0.339 e. The van der Waals surface area contributed by atoms with Crippen LogP contribution in [0.2, 0.25) is 5.02 Å². The smallest absolute Gasteiger partial charge is 0.229 e. The number of benzene rings is 2. The van der Waals surface area contributed by atoms with Crippen LogP contribution in [0, 0.1) is 20.8 Å². The number of carbonyl (C=O) groups excluding carboxylic acids is 1. The molecule has 0 saturated heterocycles.